The van der Waals surface area contributed by atoms with E-state index >= 15 is 0 Å². The van der Waals surface area contributed by atoms with E-state index in [2.05, 4.69) is 5.32 Å². The molecule has 2 unspecified atom stereocenters. The number of carbonyl (C=O) groups is 1. The van der Waals surface area contributed by atoms with Crippen LogP contribution < -0.4 is 11.1 Å². The van der Waals surface area contributed by atoms with Gasteiger partial charge in [-0.05, 0) is 52.4 Å². The second-order valence-electron chi connectivity index (χ2n) is 5.66. The highest BCUT2D eigenvalue weighted by molar-refractivity contribution is 5.67. The van der Waals surface area contributed by atoms with Crippen LogP contribution in [0, 0.1) is 5.92 Å². The summed E-state index contributed by atoms with van der Waals surface area (Å²) < 4.78 is 5.15. The number of hydrogen-bond donors (Lipinski definition) is 2. The first-order valence-corrected chi connectivity index (χ1v) is 6.09. The summed E-state index contributed by atoms with van der Waals surface area (Å²) in [5, 5.41) is 2.78. The van der Waals surface area contributed by atoms with E-state index in [-0.39, 0.29) is 6.09 Å². The Morgan fingerprint density at radius 1 is 1.44 bits per heavy atom. The topological polar surface area (TPSA) is 64.3 Å². The molecule has 0 bridgehead atoms. The molecule has 0 spiro atoms. The highest BCUT2D eigenvalue weighted by Gasteiger charge is 2.21. The fraction of sp³-hybridized carbons (Fsp3) is 0.917. The van der Waals surface area contributed by atoms with Gasteiger partial charge in [0.1, 0.15) is 5.60 Å². The maximum atomic E-state index is 11.3. The third-order valence-electron chi connectivity index (χ3n) is 2.80. The van der Waals surface area contributed by atoms with Crippen molar-refractivity contribution < 1.29 is 9.53 Å². The Morgan fingerprint density at radius 2 is 2.12 bits per heavy atom. The second kappa shape index (κ2) is 5.53. The minimum absolute atomic E-state index is 0.324. The van der Waals surface area contributed by atoms with Crippen molar-refractivity contribution in [1.29, 1.82) is 0 Å². The molecular formula is C12H24N2O2. The monoisotopic (exact) mass is 228 g/mol. The van der Waals surface area contributed by atoms with Gasteiger partial charge in [-0.3, -0.25) is 0 Å². The van der Waals surface area contributed by atoms with Crippen molar-refractivity contribution in [3.05, 3.63) is 0 Å². The molecule has 94 valence electrons. The average molecular weight is 228 g/mol. The summed E-state index contributed by atoms with van der Waals surface area (Å²) in [5.41, 5.74) is 5.41. The summed E-state index contributed by atoms with van der Waals surface area (Å²) in [6, 6.07) is 0.367. The quantitative estimate of drug-likeness (QED) is 0.776. The average Bonchev–Trinajstić information content (AvgIpc) is 2.48. The Hall–Kier alpha value is -0.770. The zero-order chi connectivity index (χ0) is 12.2. The van der Waals surface area contributed by atoms with Crippen molar-refractivity contribution in [3.8, 4) is 0 Å². The lowest BCUT2D eigenvalue weighted by Gasteiger charge is -2.20. The predicted octanol–water partition coefficient (Wildman–Crippen LogP) is 2.03. The molecule has 0 aromatic carbocycles. The first kappa shape index (κ1) is 13.3. The Labute approximate surface area is 97.9 Å². The Morgan fingerprint density at radius 3 is 2.62 bits per heavy atom. The molecule has 0 aromatic heterocycles. The molecule has 3 N–H and O–H groups in total. The Kier molecular flexibility index (Phi) is 4.59. The van der Waals surface area contributed by atoms with Crippen molar-refractivity contribution in [2.75, 3.05) is 6.54 Å². The van der Waals surface area contributed by atoms with Crippen LogP contribution in [0.3, 0.4) is 0 Å². The molecule has 0 heterocycles. The van der Waals surface area contributed by atoms with E-state index in [1.165, 1.54) is 6.42 Å². The fourth-order valence-corrected chi connectivity index (χ4v) is 2.07. The summed E-state index contributed by atoms with van der Waals surface area (Å²) in [4.78, 5) is 11.3. The van der Waals surface area contributed by atoms with Gasteiger partial charge in [0.25, 0.3) is 0 Å². The molecule has 16 heavy (non-hydrogen) atoms. The first-order chi connectivity index (χ1) is 7.37. The smallest absolute Gasteiger partial charge is 0.407 e. The van der Waals surface area contributed by atoms with Gasteiger partial charge in [0.2, 0.25) is 0 Å². The zero-order valence-electron chi connectivity index (χ0n) is 10.6. The van der Waals surface area contributed by atoms with E-state index in [9.17, 15) is 4.79 Å². The van der Waals surface area contributed by atoms with Gasteiger partial charge in [0, 0.05) is 12.6 Å². The minimum atomic E-state index is -0.417. The zero-order valence-corrected chi connectivity index (χ0v) is 10.6. The fourth-order valence-electron chi connectivity index (χ4n) is 2.07. The van der Waals surface area contributed by atoms with Gasteiger partial charge in [-0.2, -0.15) is 0 Å². The summed E-state index contributed by atoms with van der Waals surface area (Å²) in [7, 11) is 0. The number of amides is 1. The maximum absolute atomic E-state index is 11.3. The Balaban J connectivity index is 2.09. The number of nitrogens with one attached hydrogen (secondary N) is 1. The third-order valence-corrected chi connectivity index (χ3v) is 2.80. The molecule has 1 saturated carbocycles. The largest absolute Gasteiger partial charge is 0.444 e. The van der Waals surface area contributed by atoms with E-state index < -0.39 is 5.60 Å². The molecule has 1 rings (SSSR count). The van der Waals surface area contributed by atoms with E-state index in [0.29, 0.717) is 18.5 Å². The second-order valence-corrected chi connectivity index (χ2v) is 5.66. The molecule has 1 aliphatic carbocycles. The van der Waals surface area contributed by atoms with Gasteiger partial charge < -0.3 is 15.8 Å². The van der Waals surface area contributed by atoms with Crippen LogP contribution in [0.4, 0.5) is 4.79 Å². The molecule has 4 nitrogen and oxygen atoms in total. The molecule has 1 aliphatic rings. The molecule has 1 fully saturated rings. The predicted molar refractivity (Wildman–Crippen MR) is 64.2 cm³/mol. The van der Waals surface area contributed by atoms with E-state index in [4.69, 9.17) is 10.5 Å². The Bertz CT molecular complexity index is 236. The lowest BCUT2D eigenvalue weighted by atomic mass is 10.0. The number of ether oxygens (including phenoxy) is 1. The summed E-state index contributed by atoms with van der Waals surface area (Å²) in [6.07, 6.45) is 4.09. The number of rotatable bonds is 3. The van der Waals surface area contributed by atoms with Crippen LogP contribution in [0.2, 0.25) is 0 Å². The van der Waals surface area contributed by atoms with Crippen LogP contribution in [-0.4, -0.2) is 24.3 Å². The molecule has 1 amide bonds. The van der Waals surface area contributed by atoms with Crippen LogP contribution in [0.5, 0.6) is 0 Å². The van der Waals surface area contributed by atoms with Gasteiger partial charge >= 0.3 is 6.09 Å². The molecule has 2 atom stereocenters. The number of carbonyl (C=O) groups excluding carboxylic acids is 1. The third kappa shape index (κ3) is 5.35. The van der Waals surface area contributed by atoms with Crippen LogP contribution in [0.15, 0.2) is 0 Å². The summed E-state index contributed by atoms with van der Waals surface area (Å²) in [5.74, 6) is 0.671. The normalized spacial score (nSPS) is 25.5. The van der Waals surface area contributed by atoms with Crippen molar-refractivity contribution >= 4 is 6.09 Å². The van der Waals surface area contributed by atoms with Gasteiger partial charge in [0.05, 0.1) is 0 Å². The number of hydrogen-bond acceptors (Lipinski definition) is 3. The van der Waals surface area contributed by atoms with Gasteiger partial charge in [-0.1, -0.05) is 0 Å². The van der Waals surface area contributed by atoms with Crippen LogP contribution in [-0.2, 0) is 4.74 Å². The lowest BCUT2D eigenvalue weighted by Crippen LogP contribution is -2.33. The SMILES string of the molecule is CC(C)(C)OC(=O)NCCC1CCC(N)C1. The highest BCUT2D eigenvalue weighted by Crippen LogP contribution is 2.26. The molecular weight excluding hydrogens is 204 g/mol. The van der Waals surface area contributed by atoms with Crippen molar-refractivity contribution in [1.82, 2.24) is 5.32 Å². The van der Waals surface area contributed by atoms with Gasteiger partial charge in [0.15, 0.2) is 0 Å². The molecule has 0 radical (unpaired) electrons. The first-order valence-electron chi connectivity index (χ1n) is 6.09. The summed E-state index contributed by atoms with van der Waals surface area (Å²) in [6.45, 7) is 6.28. The lowest BCUT2D eigenvalue weighted by molar-refractivity contribution is 0.0525. The van der Waals surface area contributed by atoms with Crippen molar-refractivity contribution in [2.24, 2.45) is 11.7 Å². The molecule has 0 saturated heterocycles. The highest BCUT2D eigenvalue weighted by atomic mass is 16.6. The van der Waals surface area contributed by atoms with Crippen LogP contribution in [0.1, 0.15) is 46.5 Å². The van der Waals surface area contributed by atoms with Crippen molar-refractivity contribution in [2.45, 2.75) is 58.1 Å². The standard InChI is InChI=1S/C12H24N2O2/c1-12(2,3)16-11(15)14-7-6-9-4-5-10(13)8-9/h9-10H,4-8,13H2,1-3H3,(H,14,15). The molecule has 0 aromatic rings. The number of alkyl carbamates (subject to hydrolysis) is 1. The molecule has 4 heteroatoms. The summed E-state index contributed by atoms with van der Waals surface area (Å²) >= 11 is 0. The van der Waals surface area contributed by atoms with E-state index in [1.807, 2.05) is 20.8 Å². The van der Waals surface area contributed by atoms with Gasteiger partial charge in [-0.15, -0.1) is 0 Å². The van der Waals surface area contributed by atoms with Crippen LogP contribution in [0.25, 0.3) is 0 Å². The van der Waals surface area contributed by atoms with E-state index in [1.54, 1.807) is 0 Å². The minimum Gasteiger partial charge on any atom is -0.444 e. The van der Waals surface area contributed by atoms with Crippen LogP contribution >= 0.6 is 0 Å². The van der Waals surface area contributed by atoms with E-state index in [0.717, 1.165) is 19.3 Å². The van der Waals surface area contributed by atoms with Crippen molar-refractivity contribution in [3.63, 3.8) is 0 Å². The maximum Gasteiger partial charge on any atom is 0.407 e. The number of nitrogens with two attached hydrogens (primary N) is 1. The molecule has 0 aliphatic heterocycles. The van der Waals surface area contributed by atoms with Gasteiger partial charge in [-0.25, -0.2) is 4.79 Å².